The number of hydrogen-bond donors (Lipinski definition) is 1. The van der Waals surface area contributed by atoms with Gasteiger partial charge in [-0.3, -0.25) is 0 Å². The van der Waals surface area contributed by atoms with Crippen LogP contribution in [0.15, 0.2) is 18.2 Å². The molecule has 0 aromatic heterocycles. The average molecular weight is 405 g/mol. The quantitative estimate of drug-likeness (QED) is 0.719. The van der Waals surface area contributed by atoms with Crippen molar-refractivity contribution < 1.29 is 13.2 Å². The van der Waals surface area contributed by atoms with Crippen molar-refractivity contribution in [3.63, 3.8) is 0 Å². The van der Waals surface area contributed by atoms with Crippen molar-refractivity contribution in [1.29, 1.82) is 0 Å². The van der Waals surface area contributed by atoms with Crippen LogP contribution in [0, 0.1) is 23.2 Å². The van der Waals surface area contributed by atoms with Crippen LogP contribution in [0.3, 0.4) is 0 Å². The maximum Gasteiger partial charge on any atom is 0.279 e. The fourth-order valence-corrected chi connectivity index (χ4v) is 6.85. The summed E-state index contributed by atoms with van der Waals surface area (Å²) in [5.74, 6) is 4.50. The van der Waals surface area contributed by atoms with Gasteiger partial charge in [0.2, 0.25) is 0 Å². The molecule has 1 aromatic rings. The highest BCUT2D eigenvalue weighted by atomic mass is 32.2. The molecular weight excluding hydrogens is 372 g/mol. The Morgan fingerprint density at radius 3 is 2.46 bits per heavy atom. The zero-order valence-electron chi connectivity index (χ0n) is 17.0. The number of rotatable bonds is 8. The van der Waals surface area contributed by atoms with E-state index in [1.807, 2.05) is 6.07 Å². The third-order valence-electron chi connectivity index (χ3n) is 7.62. The molecule has 0 aliphatic heterocycles. The Morgan fingerprint density at radius 1 is 1.14 bits per heavy atom. The fourth-order valence-electron chi connectivity index (χ4n) is 6.24. The third-order valence-corrected chi connectivity index (χ3v) is 9.09. The first kappa shape index (κ1) is 18.9. The molecule has 0 amide bonds. The van der Waals surface area contributed by atoms with E-state index >= 15 is 0 Å². The summed E-state index contributed by atoms with van der Waals surface area (Å²) < 4.78 is 34.3. The van der Waals surface area contributed by atoms with Crippen molar-refractivity contribution in [3.8, 4) is 5.75 Å². The van der Waals surface area contributed by atoms with Crippen LogP contribution in [0.2, 0.25) is 0 Å². The molecule has 1 aromatic carbocycles. The summed E-state index contributed by atoms with van der Waals surface area (Å²) in [5.41, 5.74) is 2.70. The van der Waals surface area contributed by atoms with Crippen LogP contribution in [-0.2, 0) is 16.8 Å². The molecule has 6 rings (SSSR count). The maximum absolute atomic E-state index is 12.0. The van der Waals surface area contributed by atoms with Gasteiger partial charge in [-0.15, -0.1) is 0 Å². The first-order valence-electron chi connectivity index (χ1n) is 10.8. The minimum absolute atomic E-state index is 0.315. The highest BCUT2D eigenvalue weighted by Crippen LogP contribution is 2.64. The molecule has 2 atom stereocenters. The molecular formula is C22H32N2O3S. The molecule has 5 saturated carbocycles. The number of nitrogens with one attached hydrogen (secondary N) is 1. The standard InChI is InChI=1S/C22H32N2O3S/c1-24(2)28(25,26)23-13-15-3-6-21(20(9-15)17-4-5-17)27-14-22-10-16-7-18(11-22)19(8-16)12-22/h3,6,9,16-19,23H,4-5,7-8,10-14H2,1-2H3. The molecule has 6 heteroatoms. The van der Waals surface area contributed by atoms with Gasteiger partial charge < -0.3 is 4.74 Å². The number of ether oxygens (including phenoxy) is 1. The van der Waals surface area contributed by atoms with E-state index in [9.17, 15) is 8.42 Å². The largest absolute Gasteiger partial charge is 0.493 e. The molecule has 28 heavy (non-hydrogen) atoms. The van der Waals surface area contributed by atoms with Gasteiger partial charge in [-0.05, 0) is 85.8 Å². The minimum atomic E-state index is -3.40. The topological polar surface area (TPSA) is 58.6 Å². The Hall–Kier alpha value is -1.11. The van der Waals surface area contributed by atoms with Gasteiger partial charge in [0.25, 0.3) is 10.2 Å². The van der Waals surface area contributed by atoms with Crippen molar-refractivity contribution >= 4 is 10.2 Å². The number of benzene rings is 1. The van der Waals surface area contributed by atoms with Crippen LogP contribution in [0.4, 0.5) is 0 Å². The van der Waals surface area contributed by atoms with Crippen LogP contribution in [0.5, 0.6) is 5.75 Å². The molecule has 5 fully saturated rings. The van der Waals surface area contributed by atoms with Gasteiger partial charge in [0.15, 0.2) is 0 Å². The van der Waals surface area contributed by atoms with Crippen molar-refractivity contribution in [3.05, 3.63) is 29.3 Å². The van der Waals surface area contributed by atoms with Crippen LogP contribution < -0.4 is 9.46 Å². The predicted molar refractivity (Wildman–Crippen MR) is 109 cm³/mol. The molecule has 5 aliphatic rings. The van der Waals surface area contributed by atoms with Gasteiger partial charge in [-0.1, -0.05) is 12.1 Å². The normalized spacial score (nSPS) is 33.8. The van der Waals surface area contributed by atoms with E-state index in [0.717, 1.165) is 35.7 Å². The summed E-state index contributed by atoms with van der Waals surface area (Å²) in [4.78, 5) is 0. The predicted octanol–water partition coefficient (Wildman–Crippen LogP) is 3.67. The smallest absolute Gasteiger partial charge is 0.279 e. The van der Waals surface area contributed by atoms with Crippen LogP contribution in [-0.4, -0.2) is 33.4 Å². The zero-order chi connectivity index (χ0) is 19.5. The molecule has 0 radical (unpaired) electrons. The first-order chi connectivity index (χ1) is 13.3. The Kier molecular flexibility index (Phi) is 4.53. The van der Waals surface area contributed by atoms with Gasteiger partial charge in [0.1, 0.15) is 5.75 Å². The second kappa shape index (κ2) is 6.71. The third kappa shape index (κ3) is 3.48. The summed E-state index contributed by atoms with van der Waals surface area (Å²) in [6, 6.07) is 6.23. The number of nitrogens with zero attached hydrogens (tertiary/aromatic N) is 1. The Labute approximate surface area is 169 Å². The Morgan fingerprint density at radius 2 is 1.86 bits per heavy atom. The molecule has 5 aliphatic carbocycles. The summed E-state index contributed by atoms with van der Waals surface area (Å²) >= 11 is 0. The molecule has 5 nitrogen and oxygen atoms in total. The van der Waals surface area contributed by atoms with Crippen molar-refractivity contribution in [2.24, 2.45) is 23.2 Å². The average Bonchev–Trinajstić information content (AvgIpc) is 3.41. The van der Waals surface area contributed by atoms with E-state index in [4.69, 9.17) is 4.74 Å². The minimum Gasteiger partial charge on any atom is -0.493 e. The Bertz CT molecular complexity index is 843. The molecule has 2 unspecified atom stereocenters. The van der Waals surface area contributed by atoms with E-state index in [2.05, 4.69) is 16.9 Å². The van der Waals surface area contributed by atoms with Gasteiger partial charge >= 0.3 is 0 Å². The Balaban J connectivity index is 1.28. The molecule has 0 saturated heterocycles. The van der Waals surface area contributed by atoms with E-state index in [1.165, 1.54) is 68.9 Å². The van der Waals surface area contributed by atoms with Crippen LogP contribution >= 0.6 is 0 Å². The van der Waals surface area contributed by atoms with E-state index in [1.54, 1.807) is 0 Å². The van der Waals surface area contributed by atoms with Crippen LogP contribution in [0.25, 0.3) is 0 Å². The first-order valence-corrected chi connectivity index (χ1v) is 12.2. The fraction of sp³-hybridized carbons (Fsp3) is 0.727. The zero-order valence-corrected chi connectivity index (χ0v) is 17.8. The van der Waals surface area contributed by atoms with Crippen molar-refractivity contribution in [2.75, 3.05) is 20.7 Å². The van der Waals surface area contributed by atoms with Gasteiger partial charge in [0, 0.05) is 26.1 Å². The maximum atomic E-state index is 12.0. The van der Waals surface area contributed by atoms with Gasteiger partial charge in [-0.25, -0.2) is 0 Å². The van der Waals surface area contributed by atoms with Crippen LogP contribution in [0.1, 0.15) is 62.0 Å². The summed E-state index contributed by atoms with van der Waals surface area (Å²) in [6.07, 6.45) is 9.47. The highest BCUT2D eigenvalue weighted by Gasteiger charge is 2.56. The molecule has 0 spiro atoms. The lowest BCUT2D eigenvalue weighted by Gasteiger charge is -2.38. The van der Waals surface area contributed by atoms with Gasteiger partial charge in [0.05, 0.1) is 6.61 Å². The lowest BCUT2D eigenvalue weighted by Crippen LogP contribution is -2.35. The highest BCUT2D eigenvalue weighted by molar-refractivity contribution is 7.87. The van der Waals surface area contributed by atoms with E-state index < -0.39 is 10.2 Å². The van der Waals surface area contributed by atoms with Gasteiger partial charge in [-0.2, -0.15) is 17.4 Å². The van der Waals surface area contributed by atoms with E-state index in [0.29, 0.717) is 17.9 Å². The molecule has 1 N–H and O–H groups in total. The number of hydrogen-bond acceptors (Lipinski definition) is 3. The summed E-state index contributed by atoms with van der Waals surface area (Å²) in [6.45, 7) is 1.18. The monoisotopic (exact) mass is 404 g/mol. The van der Waals surface area contributed by atoms with Crippen molar-refractivity contribution in [2.45, 2.75) is 57.4 Å². The molecule has 154 valence electrons. The SMILES string of the molecule is CN(C)S(=O)(=O)NCc1ccc(OCC23CC4CC(C2)C(C4)C3)c(C2CC2)c1. The summed E-state index contributed by atoms with van der Waals surface area (Å²) in [7, 11) is -0.327. The molecule has 4 bridgehead atoms. The summed E-state index contributed by atoms with van der Waals surface area (Å²) in [5, 5.41) is 0. The van der Waals surface area contributed by atoms with Crippen molar-refractivity contribution in [1.82, 2.24) is 9.03 Å². The van der Waals surface area contributed by atoms with E-state index in [-0.39, 0.29) is 0 Å². The lowest BCUT2D eigenvalue weighted by atomic mass is 9.70. The molecule has 0 heterocycles. The lowest BCUT2D eigenvalue weighted by molar-refractivity contribution is 0.0738. The second-order valence-electron chi connectivity index (χ2n) is 10.0. The second-order valence-corrected chi connectivity index (χ2v) is 12.0.